The summed E-state index contributed by atoms with van der Waals surface area (Å²) in [5, 5.41) is 0.563. The van der Waals surface area contributed by atoms with E-state index in [1.54, 1.807) is 18.0 Å². The summed E-state index contributed by atoms with van der Waals surface area (Å²) in [4.78, 5) is 18.7. The van der Waals surface area contributed by atoms with E-state index in [1.165, 1.54) is 0 Å². The van der Waals surface area contributed by atoms with E-state index in [4.69, 9.17) is 21.8 Å². The molecular formula is C18H22ClN3O2S. The Labute approximate surface area is 156 Å². The molecular weight excluding hydrogens is 358 g/mol. The maximum atomic E-state index is 12.5. The van der Waals surface area contributed by atoms with Crippen molar-refractivity contribution in [1.29, 1.82) is 0 Å². The molecule has 1 amide bonds. The molecule has 0 radical (unpaired) electrons. The van der Waals surface area contributed by atoms with E-state index in [-0.39, 0.29) is 11.2 Å². The number of hydrogen-bond donors (Lipinski definition) is 1. The van der Waals surface area contributed by atoms with Crippen LogP contribution in [-0.2, 0) is 10.5 Å². The van der Waals surface area contributed by atoms with Crippen LogP contribution in [0.5, 0.6) is 0 Å². The van der Waals surface area contributed by atoms with Crippen molar-refractivity contribution in [3.8, 4) is 11.3 Å². The summed E-state index contributed by atoms with van der Waals surface area (Å²) in [6.07, 6.45) is 2.71. The average Bonchev–Trinajstić information content (AvgIpc) is 3.29. The number of thioether (sulfide) groups is 1. The maximum Gasteiger partial charge on any atom is 0.235 e. The van der Waals surface area contributed by atoms with Crippen LogP contribution in [0.25, 0.3) is 11.3 Å². The van der Waals surface area contributed by atoms with Crippen molar-refractivity contribution in [2.24, 2.45) is 11.7 Å². The molecule has 1 aliphatic rings. The van der Waals surface area contributed by atoms with E-state index in [0.717, 1.165) is 25.1 Å². The van der Waals surface area contributed by atoms with Crippen LogP contribution >= 0.6 is 23.4 Å². The van der Waals surface area contributed by atoms with Crippen LogP contribution in [0.2, 0.25) is 5.02 Å². The molecule has 2 unspecified atom stereocenters. The van der Waals surface area contributed by atoms with Crippen molar-refractivity contribution in [2.45, 2.75) is 24.3 Å². The molecule has 2 aromatic rings. The van der Waals surface area contributed by atoms with Crippen molar-refractivity contribution >= 4 is 29.3 Å². The number of benzene rings is 1. The molecule has 0 spiro atoms. The Morgan fingerprint density at radius 1 is 1.48 bits per heavy atom. The van der Waals surface area contributed by atoms with Gasteiger partial charge in [-0.15, -0.1) is 11.8 Å². The average molecular weight is 380 g/mol. The highest BCUT2D eigenvalue weighted by atomic mass is 35.5. The minimum absolute atomic E-state index is 0.123. The number of halogens is 1. The molecule has 5 nitrogen and oxygen atoms in total. The van der Waals surface area contributed by atoms with Crippen LogP contribution in [0.15, 0.2) is 34.9 Å². The molecule has 0 aliphatic carbocycles. The molecule has 1 saturated heterocycles. The molecule has 0 saturated carbocycles. The number of hydrogen-bond acceptors (Lipinski definition) is 5. The van der Waals surface area contributed by atoms with E-state index in [1.807, 2.05) is 36.1 Å². The van der Waals surface area contributed by atoms with Gasteiger partial charge in [-0.3, -0.25) is 4.79 Å². The van der Waals surface area contributed by atoms with E-state index in [2.05, 4.69) is 4.98 Å². The molecule has 2 atom stereocenters. The Morgan fingerprint density at radius 2 is 2.24 bits per heavy atom. The second-order valence-corrected chi connectivity index (χ2v) is 8.02. The third kappa shape index (κ3) is 4.57. The van der Waals surface area contributed by atoms with Crippen molar-refractivity contribution in [3.05, 3.63) is 41.4 Å². The Balaban J connectivity index is 1.53. The van der Waals surface area contributed by atoms with Crippen molar-refractivity contribution in [2.75, 3.05) is 19.6 Å². The quantitative estimate of drug-likeness (QED) is 0.832. The summed E-state index contributed by atoms with van der Waals surface area (Å²) in [5.74, 6) is 2.50. The topological polar surface area (TPSA) is 72.4 Å². The van der Waals surface area contributed by atoms with Crippen molar-refractivity contribution in [3.63, 3.8) is 0 Å². The predicted octanol–water partition coefficient (Wildman–Crippen LogP) is 3.42. The van der Waals surface area contributed by atoms with Gasteiger partial charge < -0.3 is 15.1 Å². The number of rotatable bonds is 6. The van der Waals surface area contributed by atoms with Crippen LogP contribution in [0.3, 0.4) is 0 Å². The highest BCUT2D eigenvalue weighted by Gasteiger charge is 2.28. The molecule has 2 N–H and O–H groups in total. The lowest BCUT2D eigenvalue weighted by molar-refractivity contribution is -0.129. The lowest BCUT2D eigenvalue weighted by Gasteiger charge is -2.20. The zero-order valence-electron chi connectivity index (χ0n) is 14.2. The first-order valence-corrected chi connectivity index (χ1v) is 9.80. The molecule has 3 rings (SSSR count). The molecule has 2 heterocycles. The van der Waals surface area contributed by atoms with Crippen molar-refractivity contribution in [1.82, 2.24) is 9.88 Å². The first kappa shape index (κ1) is 18.3. The smallest absolute Gasteiger partial charge is 0.235 e. The van der Waals surface area contributed by atoms with Crippen molar-refractivity contribution < 1.29 is 9.21 Å². The van der Waals surface area contributed by atoms with E-state index < -0.39 is 0 Å². The van der Waals surface area contributed by atoms with Crippen LogP contribution in [0.4, 0.5) is 0 Å². The SMILES string of the molecule is CC(SCc1ncc(-c2ccc(Cl)cc2)o1)C(=O)N1CCC(CN)C1. The number of nitrogens with zero attached hydrogens (tertiary/aromatic N) is 2. The standard InChI is InChI=1S/C18H22ClN3O2S/c1-12(18(23)22-7-6-13(8-20)10-22)25-11-17-21-9-16(24-17)14-2-4-15(19)5-3-14/h2-5,9,12-13H,6-8,10-11,20H2,1H3. The molecule has 1 aromatic carbocycles. The summed E-state index contributed by atoms with van der Waals surface area (Å²) >= 11 is 7.44. The highest BCUT2D eigenvalue weighted by Crippen LogP contribution is 2.26. The summed E-state index contributed by atoms with van der Waals surface area (Å²) in [6, 6.07) is 7.43. The first-order valence-electron chi connectivity index (χ1n) is 8.38. The summed E-state index contributed by atoms with van der Waals surface area (Å²) in [7, 11) is 0. The van der Waals surface area contributed by atoms with Crippen LogP contribution in [0, 0.1) is 5.92 Å². The van der Waals surface area contributed by atoms with Gasteiger partial charge in [-0.2, -0.15) is 0 Å². The van der Waals surface area contributed by atoms with E-state index in [0.29, 0.717) is 34.9 Å². The Morgan fingerprint density at radius 3 is 2.92 bits per heavy atom. The van der Waals surface area contributed by atoms with Gasteiger partial charge in [0.25, 0.3) is 0 Å². The zero-order chi connectivity index (χ0) is 17.8. The second kappa shape index (κ2) is 8.25. The van der Waals surface area contributed by atoms with Crippen LogP contribution < -0.4 is 5.73 Å². The summed E-state index contributed by atoms with van der Waals surface area (Å²) in [6.45, 7) is 4.17. The molecule has 1 fully saturated rings. The minimum Gasteiger partial charge on any atom is -0.440 e. The Bertz CT molecular complexity index is 719. The van der Waals surface area contributed by atoms with Crippen LogP contribution in [0.1, 0.15) is 19.2 Å². The van der Waals surface area contributed by atoms with Gasteiger partial charge in [0, 0.05) is 23.7 Å². The number of likely N-dealkylation sites (tertiary alicyclic amines) is 1. The van der Waals surface area contributed by atoms with Gasteiger partial charge in [0.05, 0.1) is 17.2 Å². The monoisotopic (exact) mass is 379 g/mol. The van der Waals surface area contributed by atoms with Crippen LogP contribution in [-0.4, -0.2) is 40.7 Å². The summed E-state index contributed by atoms with van der Waals surface area (Å²) < 4.78 is 5.78. The van der Waals surface area contributed by atoms with Gasteiger partial charge in [-0.1, -0.05) is 11.6 Å². The third-order valence-corrected chi connectivity index (χ3v) is 5.78. The van der Waals surface area contributed by atoms with E-state index >= 15 is 0 Å². The lowest BCUT2D eigenvalue weighted by atomic mass is 10.1. The molecule has 134 valence electrons. The summed E-state index contributed by atoms with van der Waals surface area (Å²) in [5.41, 5.74) is 6.63. The van der Waals surface area contributed by atoms with Gasteiger partial charge >= 0.3 is 0 Å². The number of carbonyl (C=O) groups is 1. The zero-order valence-corrected chi connectivity index (χ0v) is 15.7. The fourth-order valence-corrected chi connectivity index (χ4v) is 3.82. The number of aromatic nitrogens is 1. The fraction of sp³-hybridized carbons (Fsp3) is 0.444. The number of oxazole rings is 1. The maximum absolute atomic E-state index is 12.5. The third-order valence-electron chi connectivity index (χ3n) is 4.42. The minimum atomic E-state index is -0.123. The molecule has 25 heavy (non-hydrogen) atoms. The number of carbonyl (C=O) groups excluding carboxylic acids is 1. The number of nitrogens with two attached hydrogens (primary N) is 1. The lowest BCUT2D eigenvalue weighted by Crippen LogP contribution is -2.35. The molecule has 1 aliphatic heterocycles. The normalized spacial score (nSPS) is 18.5. The second-order valence-electron chi connectivity index (χ2n) is 6.25. The van der Waals surface area contributed by atoms with Gasteiger partial charge in [0.15, 0.2) is 5.76 Å². The Kier molecular flexibility index (Phi) is 6.04. The first-order chi connectivity index (χ1) is 12.1. The highest BCUT2D eigenvalue weighted by molar-refractivity contribution is 7.99. The Hall–Kier alpha value is -1.50. The number of amides is 1. The van der Waals surface area contributed by atoms with Gasteiger partial charge in [0.2, 0.25) is 11.8 Å². The fourth-order valence-electron chi connectivity index (χ4n) is 2.87. The molecule has 7 heteroatoms. The van der Waals surface area contributed by atoms with Gasteiger partial charge in [-0.25, -0.2) is 4.98 Å². The largest absolute Gasteiger partial charge is 0.440 e. The van der Waals surface area contributed by atoms with Gasteiger partial charge in [0.1, 0.15) is 0 Å². The molecule has 1 aromatic heterocycles. The molecule has 0 bridgehead atoms. The predicted molar refractivity (Wildman–Crippen MR) is 101 cm³/mol. The van der Waals surface area contributed by atoms with E-state index in [9.17, 15) is 4.79 Å². The van der Waals surface area contributed by atoms with Gasteiger partial charge in [-0.05, 0) is 50.1 Å².